The number of allylic oxidation sites excluding steroid dienone is 2. The van der Waals surface area contributed by atoms with E-state index in [1.54, 1.807) is 0 Å². The molecule has 1 aromatic heterocycles. The van der Waals surface area contributed by atoms with Crippen LogP contribution in [0, 0.1) is 5.92 Å². The third-order valence-electron chi connectivity index (χ3n) is 7.75. The van der Waals surface area contributed by atoms with E-state index in [2.05, 4.69) is 51.9 Å². The van der Waals surface area contributed by atoms with Crippen molar-refractivity contribution in [2.75, 3.05) is 0 Å². The normalized spacial score (nSPS) is 22.0. The van der Waals surface area contributed by atoms with Gasteiger partial charge in [-0.1, -0.05) is 58.1 Å². The standard InChI is InChI=1S/C28H40N2O2/c1-6-7-8-9-13-27(2,3)21-17-24(31)26-22-16-20(19-30-15-10-14-29-30)11-12-23(22)28(4,5)32-25(26)18-21/h10-11,14-15,17-18,22-23,31H,6-9,12-13,16,19H2,1-5H3/t22?,23-/m0/s1. The highest BCUT2D eigenvalue weighted by Gasteiger charge is 2.46. The van der Waals surface area contributed by atoms with E-state index in [-0.39, 0.29) is 16.9 Å². The molecular formula is C28H40N2O2. The molecule has 1 aromatic carbocycles. The summed E-state index contributed by atoms with van der Waals surface area (Å²) in [5.41, 5.74) is 3.33. The molecule has 0 radical (unpaired) electrons. The van der Waals surface area contributed by atoms with E-state index in [1.165, 1.54) is 36.8 Å². The average molecular weight is 437 g/mol. The lowest BCUT2D eigenvalue weighted by Gasteiger charge is -2.47. The van der Waals surface area contributed by atoms with E-state index in [0.717, 1.165) is 37.1 Å². The van der Waals surface area contributed by atoms with Gasteiger partial charge in [0.15, 0.2) is 0 Å². The van der Waals surface area contributed by atoms with Crippen molar-refractivity contribution in [3.63, 3.8) is 0 Å². The van der Waals surface area contributed by atoms with Gasteiger partial charge in [0.1, 0.15) is 17.1 Å². The lowest BCUT2D eigenvalue weighted by Crippen LogP contribution is -2.45. The highest BCUT2D eigenvalue weighted by molar-refractivity contribution is 5.54. The summed E-state index contributed by atoms with van der Waals surface area (Å²) in [6.45, 7) is 12.1. The van der Waals surface area contributed by atoms with Crippen LogP contribution in [0.1, 0.15) is 96.6 Å². The van der Waals surface area contributed by atoms with Gasteiger partial charge in [0.2, 0.25) is 0 Å². The molecule has 1 N–H and O–H groups in total. The van der Waals surface area contributed by atoms with Crippen molar-refractivity contribution in [3.8, 4) is 11.5 Å². The number of ether oxygens (including phenoxy) is 1. The largest absolute Gasteiger partial charge is 0.508 e. The molecule has 1 aliphatic carbocycles. The second-order valence-electron chi connectivity index (χ2n) is 11.0. The van der Waals surface area contributed by atoms with Crippen molar-refractivity contribution in [1.29, 1.82) is 0 Å². The van der Waals surface area contributed by atoms with Gasteiger partial charge in [0.25, 0.3) is 0 Å². The molecule has 0 bridgehead atoms. The van der Waals surface area contributed by atoms with Crippen LogP contribution in [0.2, 0.25) is 0 Å². The van der Waals surface area contributed by atoms with Gasteiger partial charge >= 0.3 is 0 Å². The van der Waals surface area contributed by atoms with Crippen LogP contribution in [0.5, 0.6) is 11.5 Å². The fourth-order valence-electron chi connectivity index (χ4n) is 5.73. The van der Waals surface area contributed by atoms with Crippen molar-refractivity contribution in [1.82, 2.24) is 9.78 Å². The molecule has 0 amide bonds. The first-order valence-corrected chi connectivity index (χ1v) is 12.4. The highest BCUT2D eigenvalue weighted by atomic mass is 16.5. The summed E-state index contributed by atoms with van der Waals surface area (Å²) in [6, 6.07) is 6.21. The molecule has 0 fully saturated rings. The number of hydrogen-bond acceptors (Lipinski definition) is 3. The second-order valence-corrected chi connectivity index (χ2v) is 11.0. The fraction of sp³-hybridized carbons (Fsp3) is 0.607. The number of aromatic hydroxyl groups is 1. The van der Waals surface area contributed by atoms with Crippen LogP contribution < -0.4 is 4.74 Å². The summed E-state index contributed by atoms with van der Waals surface area (Å²) in [6.07, 6.45) is 14.3. The Morgan fingerprint density at radius 1 is 1.22 bits per heavy atom. The molecule has 2 atom stereocenters. The minimum atomic E-state index is -0.262. The first kappa shape index (κ1) is 22.9. The summed E-state index contributed by atoms with van der Waals surface area (Å²) in [7, 11) is 0. The maximum Gasteiger partial charge on any atom is 0.127 e. The quantitative estimate of drug-likeness (QED) is 0.354. The number of fused-ring (bicyclic) bond motifs is 3. The number of phenols is 1. The topological polar surface area (TPSA) is 47.3 Å². The maximum atomic E-state index is 11.2. The van der Waals surface area contributed by atoms with Gasteiger partial charge in [-0.25, -0.2) is 0 Å². The summed E-state index contributed by atoms with van der Waals surface area (Å²) in [5.74, 6) is 1.92. The molecule has 4 heteroatoms. The van der Waals surface area contributed by atoms with E-state index in [0.29, 0.717) is 11.7 Å². The van der Waals surface area contributed by atoms with Crippen molar-refractivity contribution >= 4 is 0 Å². The smallest absolute Gasteiger partial charge is 0.127 e. The molecule has 4 nitrogen and oxygen atoms in total. The SMILES string of the molecule is CCCCCCC(C)(C)c1cc(O)c2c(c1)OC(C)(C)[C@H]1CC=C(Cn3cccn3)CC21. The zero-order valence-electron chi connectivity index (χ0n) is 20.5. The predicted octanol–water partition coefficient (Wildman–Crippen LogP) is 7.13. The Balaban J connectivity index is 1.62. The zero-order valence-corrected chi connectivity index (χ0v) is 20.5. The summed E-state index contributed by atoms with van der Waals surface area (Å²) in [4.78, 5) is 0. The molecule has 0 saturated carbocycles. The van der Waals surface area contributed by atoms with Crippen LogP contribution in [0.4, 0.5) is 0 Å². The van der Waals surface area contributed by atoms with E-state index in [9.17, 15) is 5.11 Å². The second kappa shape index (κ2) is 8.96. The molecule has 1 unspecified atom stereocenters. The van der Waals surface area contributed by atoms with Gasteiger partial charge in [-0.05, 0) is 62.3 Å². The Hall–Kier alpha value is -2.23. The molecule has 4 rings (SSSR count). The van der Waals surface area contributed by atoms with Gasteiger partial charge < -0.3 is 9.84 Å². The van der Waals surface area contributed by atoms with Crippen molar-refractivity contribution in [2.45, 2.75) is 103 Å². The lowest BCUT2D eigenvalue weighted by atomic mass is 9.66. The Morgan fingerprint density at radius 3 is 2.75 bits per heavy atom. The first-order chi connectivity index (χ1) is 15.2. The van der Waals surface area contributed by atoms with Crippen LogP contribution >= 0.6 is 0 Å². The average Bonchev–Trinajstić information content (AvgIpc) is 3.23. The van der Waals surface area contributed by atoms with Crippen LogP contribution in [0.3, 0.4) is 0 Å². The molecule has 1 aliphatic heterocycles. The summed E-state index contributed by atoms with van der Waals surface area (Å²) >= 11 is 0. The molecule has 32 heavy (non-hydrogen) atoms. The van der Waals surface area contributed by atoms with Crippen LogP contribution in [0.25, 0.3) is 0 Å². The monoisotopic (exact) mass is 436 g/mol. The maximum absolute atomic E-state index is 11.2. The van der Waals surface area contributed by atoms with Crippen molar-refractivity contribution in [2.24, 2.45) is 5.92 Å². The molecule has 2 aliphatic rings. The molecule has 2 aromatic rings. The summed E-state index contributed by atoms with van der Waals surface area (Å²) < 4.78 is 8.57. The number of rotatable bonds is 8. The van der Waals surface area contributed by atoms with Gasteiger partial charge in [-0.3, -0.25) is 4.68 Å². The molecule has 174 valence electrons. The van der Waals surface area contributed by atoms with Crippen molar-refractivity contribution < 1.29 is 9.84 Å². The Labute approximate surface area is 193 Å². The van der Waals surface area contributed by atoms with E-state index in [1.807, 2.05) is 29.2 Å². The van der Waals surface area contributed by atoms with Crippen LogP contribution in [-0.4, -0.2) is 20.5 Å². The minimum Gasteiger partial charge on any atom is -0.508 e. The summed E-state index contributed by atoms with van der Waals surface area (Å²) in [5, 5.41) is 15.6. The zero-order chi connectivity index (χ0) is 22.9. The van der Waals surface area contributed by atoms with Gasteiger partial charge in [-0.15, -0.1) is 0 Å². The molecule has 0 spiro atoms. The van der Waals surface area contributed by atoms with Gasteiger partial charge in [0.05, 0.1) is 6.54 Å². The predicted molar refractivity (Wildman–Crippen MR) is 130 cm³/mol. The molecular weight excluding hydrogens is 396 g/mol. The molecule has 2 heterocycles. The third kappa shape index (κ3) is 4.60. The first-order valence-electron chi connectivity index (χ1n) is 12.4. The number of unbranched alkanes of at least 4 members (excludes halogenated alkanes) is 3. The van der Waals surface area contributed by atoms with E-state index in [4.69, 9.17) is 4.74 Å². The number of hydrogen-bond donors (Lipinski definition) is 1. The number of aromatic nitrogens is 2. The third-order valence-corrected chi connectivity index (χ3v) is 7.75. The van der Waals surface area contributed by atoms with Crippen LogP contribution in [0.15, 0.2) is 42.2 Å². The van der Waals surface area contributed by atoms with Crippen LogP contribution in [-0.2, 0) is 12.0 Å². The van der Waals surface area contributed by atoms with Gasteiger partial charge in [0, 0.05) is 29.8 Å². The number of phenolic OH excluding ortho intramolecular Hbond substituents is 1. The Kier molecular flexibility index (Phi) is 6.42. The Morgan fingerprint density at radius 2 is 2.03 bits per heavy atom. The Bertz CT molecular complexity index is 956. The minimum absolute atomic E-state index is 0.0162. The van der Waals surface area contributed by atoms with E-state index < -0.39 is 0 Å². The van der Waals surface area contributed by atoms with E-state index >= 15 is 0 Å². The van der Waals surface area contributed by atoms with Gasteiger partial charge in [-0.2, -0.15) is 5.10 Å². The molecule has 0 saturated heterocycles. The highest BCUT2D eigenvalue weighted by Crippen LogP contribution is 2.55. The number of benzene rings is 1. The lowest BCUT2D eigenvalue weighted by molar-refractivity contribution is 0.00704. The number of nitrogens with zero attached hydrogens (tertiary/aromatic N) is 2. The van der Waals surface area contributed by atoms with Crippen molar-refractivity contribution in [3.05, 3.63) is 53.4 Å². The fourth-order valence-corrected chi connectivity index (χ4v) is 5.73.